The second kappa shape index (κ2) is 10.5. The van der Waals surface area contributed by atoms with Gasteiger partial charge in [0.25, 0.3) is 10.1 Å². The van der Waals surface area contributed by atoms with Gasteiger partial charge < -0.3 is 25.0 Å². The fraction of sp³-hybridized carbons (Fsp3) is 0.522. The number of nitrogens with zero attached hydrogens (tertiary/aromatic N) is 2. The van der Waals surface area contributed by atoms with Crippen LogP contribution in [0.25, 0.3) is 10.9 Å². The smallest absolute Gasteiger partial charge is 0.344 e. The Kier molecular flexibility index (Phi) is 8.06. The van der Waals surface area contributed by atoms with Crippen molar-refractivity contribution in [3.8, 4) is 0 Å². The van der Waals surface area contributed by atoms with Crippen molar-refractivity contribution < 1.29 is 36.8 Å². The Labute approximate surface area is 207 Å². The number of benzene rings is 1. The first-order valence-corrected chi connectivity index (χ1v) is 13.3. The van der Waals surface area contributed by atoms with Crippen LogP contribution in [0.1, 0.15) is 55.1 Å². The monoisotopic (exact) mass is 527 g/mol. The lowest BCUT2D eigenvalue weighted by molar-refractivity contribution is -0.151. The number of carbonyl (C=O) groups excluding carboxylic acids is 1. The minimum absolute atomic E-state index is 0.194. The van der Waals surface area contributed by atoms with E-state index in [4.69, 9.17) is 15.0 Å². The number of aromatic nitrogens is 1. The van der Waals surface area contributed by atoms with Gasteiger partial charge in [0.2, 0.25) is 11.4 Å². The van der Waals surface area contributed by atoms with Gasteiger partial charge in [0.1, 0.15) is 12.1 Å². The maximum atomic E-state index is 15.1. The number of hydrogen-bond donors (Lipinski definition) is 3. The Morgan fingerprint density at radius 1 is 1.22 bits per heavy atom. The molecule has 2 aromatic rings. The number of nitrogens with two attached hydrogens (primary N) is 1. The second-order valence-electron chi connectivity index (χ2n) is 9.16. The zero-order valence-electron chi connectivity index (χ0n) is 20.2. The predicted octanol–water partition coefficient (Wildman–Crippen LogP) is 1.71. The van der Waals surface area contributed by atoms with Crippen molar-refractivity contribution in [1.29, 1.82) is 0 Å². The summed E-state index contributed by atoms with van der Waals surface area (Å²) in [6.07, 6.45) is 3.11. The molecule has 1 aromatic carbocycles. The third-order valence-electron chi connectivity index (χ3n) is 6.29. The standard InChI is InChI=1S/C22H26FN3O5.CH4O3S/c1-11-3-4-14-16(25-9-7-13(8-10-25)31-22(30)12(2)24)6-5-15-18(14)26(11)20(23)17(19(15)27)21(28)29;1-5(2,3)4/h5-6,11-13H,3-4,7-10,24H2,1-2H3,(H,28,29);1H3,(H,2,3,4)/t11?,12-;/m0./s1. The number of halogens is 1. The SMILES string of the molecule is CC1CCc2c(N3CCC(OC(=O)[C@H](C)N)CC3)ccc3c(=O)c(C(=O)O)c(F)n1c23.CS(=O)(=O)O. The number of hydrogen-bond acceptors (Lipinski definition) is 8. The van der Waals surface area contributed by atoms with Gasteiger partial charge in [-0.05, 0) is 38.8 Å². The van der Waals surface area contributed by atoms with Gasteiger partial charge in [-0.1, -0.05) is 0 Å². The van der Waals surface area contributed by atoms with Crippen LogP contribution in [0.2, 0.25) is 0 Å². The highest BCUT2D eigenvalue weighted by Crippen LogP contribution is 2.38. The maximum Gasteiger partial charge on any atom is 0.344 e. The Hall–Kier alpha value is -3.03. The zero-order valence-corrected chi connectivity index (χ0v) is 21.0. The minimum atomic E-state index is -3.67. The highest BCUT2D eigenvalue weighted by atomic mass is 32.2. The molecule has 0 aliphatic carbocycles. The molecule has 0 amide bonds. The zero-order chi connectivity index (χ0) is 26.9. The molecule has 36 heavy (non-hydrogen) atoms. The third kappa shape index (κ3) is 5.85. The maximum absolute atomic E-state index is 15.1. The first-order valence-electron chi connectivity index (χ1n) is 11.5. The third-order valence-corrected chi connectivity index (χ3v) is 6.29. The molecule has 1 saturated heterocycles. The van der Waals surface area contributed by atoms with Crippen LogP contribution in [0.5, 0.6) is 0 Å². The van der Waals surface area contributed by atoms with Gasteiger partial charge in [0, 0.05) is 48.6 Å². The van der Waals surface area contributed by atoms with Crippen molar-refractivity contribution in [2.24, 2.45) is 5.73 Å². The fourth-order valence-corrected chi connectivity index (χ4v) is 4.64. The molecule has 0 saturated carbocycles. The molecule has 0 radical (unpaired) electrons. The number of ether oxygens (including phenoxy) is 1. The lowest BCUT2D eigenvalue weighted by Gasteiger charge is -2.36. The van der Waals surface area contributed by atoms with E-state index in [-0.39, 0.29) is 17.5 Å². The summed E-state index contributed by atoms with van der Waals surface area (Å²) in [5.41, 5.74) is 6.21. The average molecular weight is 528 g/mol. The summed E-state index contributed by atoms with van der Waals surface area (Å²) in [6, 6.07) is 2.50. The predicted molar refractivity (Wildman–Crippen MR) is 131 cm³/mol. The topological polar surface area (TPSA) is 169 Å². The summed E-state index contributed by atoms with van der Waals surface area (Å²) < 4.78 is 47.8. The molecule has 1 unspecified atom stereocenters. The lowest BCUT2D eigenvalue weighted by atomic mass is 9.93. The van der Waals surface area contributed by atoms with E-state index in [1.54, 1.807) is 13.0 Å². The Morgan fingerprint density at radius 3 is 2.33 bits per heavy atom. The number of carboxylic acids is 1. The molecule has 0 bridgehead atoms. The van der Waals surface area contributed by atoms with Crippen LogP contribution in [0.15, 0.2) is 16.9 Å². The number of aryl methyl sites for hydroxylation is 1. The molecule has 2 aliphatic rings. The van der Waals surface area contributed by atoms with E-state index in [0.29, 0.717) is 50.5 Å². The van der Waals surface area contributed by atoms with Gasteiger partial charge in [0.05, 0.1) is 11.8 Å². The molecular weight excluding hydrogens is 497 g/mol. The number of aromatic carboxylic acids is 1. The van der Waals surface area contributed by atoms with Crippen molar-refractivity contribution in [3.05, 3.63) is 39.4 Å². The first kappa shape index (κ1) is 27.6. The van der Waals surface area contributed by atoms with Gasteiger partial charge in [-0.3, -0.25) is 14.1 Å². The fourth-order valence-electron chi connectivity index (χ4n) is 4.64. The van der Waals surface area contributed by atoms with Crippen molar-refractivity contribution in [1.82, 2.24) is 4.57 Å². The first-order chi connectivity index (χ1) is 16.7. The number of pyridine rings is 1. The van der Waals surface area contributed by atoms with Crippen molar-refractivity contribution in [2.75, 3.05) is 24.2 Å². The van der Waals surface area contributed by atoms with E-state index in [9.17, 15) is 27.9 Å². The number of carboxylic acid groups (broad SMARTS) is 1. The number of carbonyl (C=O) groups is 2. The number of anilines is 1. The van der Waals surface area contributed by atoms with E-state index in [1.165, 1.54) is 4.57 Å². The molecule has 11 nitrogen and oxygen atoms in total. The number of rotatable bonds is 4. The van der Waals surface area contributed by atoms with E-state index in [0.717, 1.165) is 11.3 Å². The van der Waals surface area contributed by atoms with Crippen LogP contribution >= 0.6 is 0 Å². The van der Waals surface area contributed by atoms with Gasteiger partial charge in [0.15, 0.2) is 5.56 Å². The highest BCUT2D eigenvalue weighted by molar-refractivity contribution is 7.85. The molecule has 2 atom stereocenters. The van der Waals surface area contributed by atoms with E-state index < -0.39 is 45.0 Å². The number of esters is 1. The van der Waals surface area contributed by atoms with Crippen LogP contribution in [-0.2, 0) is 26.1 Å². The summed E-state index contributed by atoms with van der Waals surface area (Å²) in [6.45, 7) is 4.70. The van der Waals surface area contributed by atoms with Crippen LogP contribution < -0.4 is 16.1 Å². The van der Waals surface area contributed by atoms with Crippen LogP contribution in [0, 0.1) is 5.95 Å². The van der Waals surface area contributed by atoms with Crippen LogP contribution in [-0.4, -0.2) is 66.1 Å². The Balaban J connectivity index is 0.000000658. The summed E-state index contributed by atoms with van der Waals surface area (Å²) in [4.78, 5) is 38.2. The molecular formula is C23H30FN3O8S. The van der Waals surface area contributed by atoms with E-state index >= 15 is 4.39 Å². The highest BCUT2D eigenvalue weighted by Gasteiger charge is 2.31. The molecule has 3 heterocycles. The molecule has 1 fully saturated rings. The molecule has 13 heteroatoms. The summed E-state index contributed by atoms with van der Waals surface area (Å²) in [5, 5.41) is 9.60. The largest absolute Gasteiger partial charge is 0.477 e. The molecule has 2 aliphatic heterocycles. The lowest BCUT2D eigenvalue weighted by Crippen LogP contribution is -2.41. The summed E-state index contributed by atoms with van der Waals surface area (Å²) in [5.74, 6) is -2.96. The Morgan fingerprint density at radius 2 is 1.81 bits per heavy atom. The van der Waals surface area contributed by atoms with Crippen LogP contribution in [0.4, 0.5) is 10.1 Å². The molecule has 4 N–H and O–H groups in total. The second-order valence-corrected chi connectivity index (χ2v) is 10.6. The summed E-state index contributed by atoms with van der Waals surface area (Å²) in [7, 11) is -3.67. The van der Waals surface area contributed by atoms with E-state index in [1.807, 2.05) is 13.0 Å². The van der Waals surface area contributed by atoms with E-state index in [2.05, 4.69) is 4.90 Å². The van der Waals surface area contributed by atoms with Crippen molar-refractivity contribution in [3.63, 3.8) is 0 Å². The van der Waals surface area contributed by atoms with Gasteiger partial charge in [-0.25, -0.2) is 4.79 Å². The minimum Gasteiger partial charge on any atom is -0.477 e. The molecule has 0 spiro atoms. The van der Waals surface area contributed by atoms with Crippen molar-refractivity contribution >= 4 is 38.6 Å². The Bertz CT molecular complexity index is 1340. The van der Waals surface area contributed by atoms with Gasteiger partial charge in [-0.2, -0.15) is 12.8 Å². The molecule has 4 rings (SSSR count). The average Bonchev–Trinajstić information content (AvgIpc) is 2.76. The molecule has 1 aromatic heterocycles. The number of piperidine rings is 1. The van der Waals surface area contributed by atoms with Gasteiger partial charge in [-0.15, -0.1) is 0 Å². The van der Waals surface area contributed by atoms with Crippen molar-refractivity contribution in [2.45, 2.75) is 57.7 Å². The van der Waals surface area contributed by atoms with Gasteiger partial charge >= 0.3 is 11.9 Å². The normalized spacial score (nSPS) is 18.8. The quantitative estimate of drug-likeness (QED) is 0.302. The van der Waals surface area contributed by atoms with Crippen LogP contribution in [0.3, 0.4) is 0 Å². The molecule has 198 valence electrons. The summed E-state index contributed by atoms with van der Waals surface area (Å²) >= 11 is 0.